The molecule has 0 heterocycles. The molecule has 2 rings (SSSR count). The number of nitrogens with one attached hydrogen (secondary N) is 1. The van der Waals surface area contributed by atoms with Crippen molar-refractivity contribution in [2.24, 2.45) is 0 Å². The van der Waals surface area contributed by atoms with Crippen molar-refractivity contribution in [1.29, 1.82) is 0 Å². The smallest absolute Gasteiger partial charge is 0.224 e. The van der Waals surface area contributed by atoms with Gasteiger partial charge in [-0.15, -0.1) is 24.8 Å². The van der Waals surface area contributed by atoms with Crippen molar-refractivity contribution in [3.63, 3.8) is 0 Å². The van der Waals surface area contributed by atoms with Gasteiger partial charge < -0.3 is 16.0 Å². The number of nitrogen functional groups attached to an aromatic ring is 1. The van der Waals surface area contributed by atoms with E-state index in [4.69, 9.17) is 5.73 Å². The van der Waals surface area contributed by atoms with Crippen LogP contribution in [0.3, 0.4) is 0 Å². The van der Waals surface area contributed by atoms with Crippen molar-refractivity contribution in [3.05, 3.63) is 65.7 Å². The van der Waals surface area contributed by atoms with Gasteiger partial charge in [-0.3, -0.25) is 4.79 Å². The van der Waals surface area contributed by atoms with Gasteiger partial charge in [-0.25, -0.2) is 0 Å². The van der Waals surface area contributed by atoms with Gasteiger partial charge in [0.25, 0.3) is 0 Å². The van der Waals surface area contributed by atoms with Crippen molar-refractivity contribution < 1.29 is 4.79 Å². The lowest BCUT2D eigenvalue weighted by Gasteiger charge is -2.22. The topological polar surface area (TPSA) is 58.4 Å². The van der Waals surface area contributed by atoms with Gasteiger partial charge in [-0.2, -0.15) is 0 Å². The van der Waals surface area contributed by atoms with Gasteiger partial charge in [-0.05, 0) is 43.8 Å². The second-order valence-electron chi connectivity index (χ2n) is 6.13. The SMILES string of the molecule is CN(C)CC(Cc1ccccc1)NC(=O)Cc1ccc(N)cc1.Cl.Cl. The molecule has 0 bridgehead atoms. The van der Waals surface area contributed by atoms with E-state index in [9.17, 15) is 4.79 Å². The normalized spacial score (nSPS) is 11.2. The molecule has 1 unspecified atom stereocenters. The Morgan fingerprint density at radius 1 is 1.00 bits per heavy atom. The fourth-order valence-electron chi connectivity index (χ4n) is 2.60. The minimum atomic E-state index is 0. The molecule has 0 aliphatic rings. The molecule has 25 heavy (non-hydrogen) atoms. The highest BCUT2D eigenvalue weighted by Gasteiger charge is 2.14. The lowest BCUT2D eigenvalue weighted by molar-refractivity contribution is -0.121. The van der Waals surface area contributed by atoms with E-state index in [2.05, 4.69) is 22.3 Å². The molecular weight excluding hydrogens is 357 g/mol. The fraction of sp³-hybridized carbons (Fsp3) is 0.316. The number of amides is 1. The van der Waals surface area contributed by atoms with Crippen molar-refractivity contribution in [3.8, 4) is 0 Å². The van der Waals surface area contributed by atoms with Crippen LogP contribution in [0.15, 0.2) is 54.6 Å². The minimum absolute atomic E-state index is 0. The number of anilines is 1. The van der Waals surface area contributed by atoms with E-state index in [1.807, 2.05) is 56.6 Å². The number of rotatable bonds is 7. The zero-order valence-electron chi connectivity index (χ0n) is 14.6. The number of nitrogens with zero attached hydrogens (tertiary/aromatic N) is 1. The Hall–Kier alpha value is -1.75. The average Bonchev–Trinajstić information content (AvgIpc) is 2.50. The summed E-state index contributed by atoms with van der Waals surface area (Å²) in [5.41, 5.74) is 8.59. The van der Waals surface area contributed by atoms with Crippen LogP contribution in [0, 0.1) is 0 Å². The quantitative estimate of drug-likeness (QED) is 0.722. The molecule has 0 saturated carbocycles. The Morgan fingerprint density at radius 3 is 2.16 bits per heavy atom. The number of halogens is 2. The third-order valence-corrected chi connectivity index (χ3v) is 3.62. The molecule has 0 spiro atoms. The van der Waals surface area contributed by atoms with Crippen LogP contribution in [0.1, 0.15) is 11.1 Å². The molecule has 2 aromatic carbocycles. The summed E-state index contributed by atoms with van der Waals surface area (Å²) >= 11 is 0. The van der Waals surface area contributed by atoms with E-state index in [1.54, 1.807) is 0 Å². The summed E-state index contributed by atoms with van der Waals surface area (Å²) in [4.78, 5) is 14.4. The summed E-state index contributed by atoms with van der Waals surface area (Å²) in [6.45, 7) is 0.808. The maximum absolute atomic E-state index is 12.3. The van der Waals surface area contributed by atoms with Crippen LogP contribution in [0.4, 0.5) is 5.69 Å². The number of likely N-dealkylation sites (N-methyl/N-ethyl adjacent to an activating group) is 1. The molecule has 0 aliphatic heterocycles. The number of hydrogen-bond donors (Lipinski definition) is 2. The van der Waals surface area contributed by atoms with Gasteiger partial charge in [-0.1, -0.05) is 42.5 Å². The van der Waals surface area contributed by atoms with Crippen molar-refractivity contribution in [2.45, 2.75) is 18.9 Å². The first-order valence-corrected chi connectivity index (χ1v) is 7.85. The van der Waals surface area contributed by atoms with Crippen molar-refractivity contribution in [1.82, 2.24) is 10.2 Å². The van der Waals surface area contributed by atoms with E-state index in [0.29, 0.717) is 12.1 Å². The highest BCUT2D eigenvalue weighted by atomic mass is 35.5. The van der Waals surface area contributed by atoms with E-state index in [-0.39, 0.29) is 36.8 Å². The molecule has 1 atom stereocenters. The summed E-state index contributed by atoms with van der Waals surface area (Å²) in [5.74, 6) is 0.0394. The van der Waals surface area contributed by atoms with Crippen LogP contribution in [-0.2, 0) is 17.6 Å². The molecule has 6 heteroatoms. The largest absolute Gasteiger partial charge is 0.399 e. The molecule has 0 saturated heterocycles. The van der Waals surface area contributed by atoms with Crippen molar-refractivity contribution >= 4 is 36.4 Å². The first-order chi connectivity index (χ1) is 11.0. The summed E-state index contributed by atoms with van der Waals surface area (Å²) in [5, 5.41) is 3.15. The van der Waals surface area contributed by atoms with E-state index >= 15 is 0 Å². The Morgan fingerprint density at radius 2 is 1.60 bits per heavy atom. The Balaban J connectivity index is 0.00000288. The van der Waals surface area contributed by atoms with Crippen LogP contribution >= 0.6 is 24.8 Å². The number of carbonyl (C=O) groups excluding carboxylic acids is 1. The van der Waals surface area contributed by atoms with Gasteiger partial charge in [0.1, 0.15) is 0 Å². The van der Waals surface area contributed by atoms with Gasteiger partial charge in [0.05, 0.1) is 6.42 Å². The van der Waals surface area contributed by atoms with Gasteiger partial charge in [0.2, 0.25) is 5.91 Å². The van der Waals surface area contributed by atoms with Crippen LogP contribution in [-0.4, -0.2) is 37.5 Å². The predicted molar refractivity (Wildman–Crippen MR) is 110 cm³/mol. The molecule has 2 aromatic rings. The van der Waals surface area contributed by atoms with Crippen LogP contribution in [0.2, 0.25) is 0 Å². The van der Waals surface area contributed by atoms with Crippen LogP contribution in [0.25, 0.3) is 0 Å². The first-order valence-electron chi connectivity index (χ1n) is 7.85. The van der Waals surface area contributed by atoms with E-state index in [0.717, 1.165) is 18.5 Å². The Labute approximate surface area is 162 Å². The highest BCUT2D eigenvalue weighted by molar-refractivity contribution is 5.85. The zero-order chi connectivity index (χ0) is 16.7. The first kappa shape index (κ1) is 23.2. The minimum Gasteiger partial charge on any atom is -0.399 e. The summed E-state index contributed by atoms with van der Waals surface area (Å²) in [6.07, 6.45) is 1.20. The fourth-order valence-corrected chi connectivity index (χ4v) is 2.60. The van der Waals surface area contributed by atoms with E-state index in [1.165, 1.54) is 5.56 Å². The number of hydrogen-bond acceptors (Lipinski definition) is 3. The average molecular weight is 384 g/mol. The molecule has 3 N–H and O–H groups in total. The molecule has 0 fully saturated rings. The number of carbonyl (C=O) groups is 1. The standard InChI is InChI=1S/C19H25N3O.2ClH/c1-22(2)14-18(12-15-6-4-3-5-7-15)21-19(23)13-16-8-10-17(20)11-9-16;;/h3-11,18H,12-14,20H2,1-2H3,(H,21,23);2*1H. The molecule has 138 valence electrons. The van der Waals surface area contributed by atoms with E-state index < -0.39 is 0 Å². The summed E-state index contributed by atoms with van der Waals surface area (Å²) in [7, 11) is 4.04. The van der Waals surface area contributed by atoms with Crippen LogP contribution in [0.5, 0.6) is 0 Å². The predicted octanol–water partition coefficient (Wildman–Crippen LogP) is 2.94. The molecular formula is C19H27Cl2N3O. The Kier molecular flexibility index (Phi) is 10.9. The second kappa shape index (κ2) is 11.7. The van der Waals surface area contributed by atoms with Gasteiger partial charge in [0.15, 0.2) is 0 Å². The lowest BCUT2D eigenvalue weighted by Crippen LogP contribution is -2.43. The van der Waals surface area contributed by atoms with Crippen LogP contribution < -0.4 is 11.1 Å². The number of nitrogens with two attached hydrogens (primary N) is 1. The summed E-state index contributed by atoms with van der Waals surface area (Å²) < 4.78 is 0. The molecule has 0 aliphatic carbocycles. The van der Waals surface area contributed by atoms with Gasteiger partial charge >= 0.3 is 0 Å². The molecule has 0 aromatic heterocycles. The third-order valence-electron chi connectivity index (χ3n) is 3.62. The number of benzene rings is 2. The second-order valence-corrected chi connectivity index (χ2v) is 6.13. The lowest BCUT2D eigenvalue weighted by atomic mass is 10.0. The summed E-state index contributed by atoms with van der Waals surface area (Å²) in [6, 6.07) is 17.8. The monoisotopic (exact) mass is 383 g/mol. The maximum atomic E-state index is 12.3. The molecule has 1 amide bonds. The third kappa shape index (κ3) is 8.77. The maximum Gasteiger partial charge on any atom is 0.224 e. The molecule has 0 radical (unpaired) electrons. The van der Waals surface area contributed by atoms with Crippen molar-refractivity contribution in [2.75, 3.05) is 26.4 Å². The zero-order valence-corrected chi connectivity index (χ0v) is 16.3. The highest BCUT2D eigenvalue weighted by Crippen LogP contribution is 2.08. The molecule has 4 nitrogen and oxygen atoms in total. The van der Waals surface area contributed by atoms with Gasteiger partial charge in [0, 0.05) is 18.3 Å². The Bertz CT molecular complexity index is 618.